The van der Waals surface area contributed by atoms with Crippen LogP contribution in [0.3, 0.4) is 0 Å². The van der Waals surface area contributed by atoms with Crippen LogP contribution < -0.4 is 10.1 Å². The molecule has 0 unspecified atom stereocenters. The summed E-state index contributed by atoms with van der Waals surface area (Å²) >= 11 is 1.44. The molecule has 0 saturated heterocycles. The molecule has 2 aromatic rings. The predicted molar refractivity (Wildman–Crippen MR) is 79.2 cm³/mol. The number of hydrogen-bond acceptors (Lipinski definition) is 4. The number of nitrogens with zero attached hydrogens (tertiary/aromatic N) is 1. The molecule has 0 spiro atoms. The highest BCUT2D eigenvalue weighted by molar-refractivity contribution is 7.12. The molecule has 1 heterocycles. The maximum absolute atomic E-state index is 12.1. The van der Waals surface area contributed by atoms with Crippen molar-refractivity contribution in [3.63, 3.8) is 0 Å². The van der Waals surface area contributed by atoms with E-state index >= 15 is 0 Å². The molecule has 0 aliphatic heterocycles. The first-order valence-corrected chi connectivity index (χ1v) is 7.10. The fourth-order valence-corrected chi connectivity index (χ4v) is 2.64. The van der Waals surface area contributed by atoms with E-state index in [1.165, 1.54) is 11.3 Å². The summed E-state index contributed by atoms with van der Waals surface area (Å²) in [6.45, 7) is 2.04. The molecule has 2 rings (SSSR count). The fraction of sp³-hybridized carbons (Fsp3) is 0.200. The van der Waals surface area contributed by atoms with Gasteiger partial charge in [-0.05, 0) is 47.7 Å². The lowest BCUT2D eigenvalue weighted by Gasteiger charge is -2.06. The Kier molecular flexibility index (Phi) is 4.75. The summed E-state index contributed by atoms with van der Waals surface area (Å²) in [5, 5.41) is 13.2. The van der Waals surface area contributed by atoms with Gasteiger partial charge in [0.15, 0.2) is 6.61 Å². The molecule has 102 valence electrons. The van der Waals surface area contributed by atoms with E-state index in [0.29, 0.717) is 11.4 Å². The zero-order valence-electron chi connectivity index (χ0n) is 11.1. The van der Waals surface area contributed by atoms with Gasteiger partial charge in [-0.15, -0.1) is 11.3 Å². The van der Waals surface area contributed by atoms with Crippen molar-refractivity contribution in [2.24, 2.45) is 0 Å². The Balaban J connectivity index is 2.03. The molecule has 4 nitrogen and oxygen atoms in total. The molecule has 1 aromatic carbocycles. The number of nitriles is 1. The summed E-state index contributed by atoms with van der Waals surface area (Å²) in [7, 11) is 0. The summed E-state index contributed by atoms with van der Waals surface area (Å²) in [5.74, 6) is 0.512. The Labute approximate surface area is 121 Å². The minimum Gasteiger partial charge on any atom is -0.479 e. The van der Waals surface area contributed by atoms with Crippen molar-refractivity contribution in [1.29, 1.82) is 5.26 Å². The Bertz CT molecular complexity index is 626. The van der Waals surface area contributed by atoms with E-state index in [1.807, 2.05) is 24.4 Å². The molecule has 0 bridgehead atoms. The normalized spacial score (nSPS) is 9.80. The number of rotatable bonds is 5. The van der Waals surface area contributed by atoms with Crippen molar-refractivity contribution >= 4 is 22.9 Å². The molecule has 5 heteroatoms. The lowest BCUT2D eigenvalue weighted by Crippen LogP contribution is -2.11. The largest absolute Gasteiger partial charge is 0.479 e. The molecule has 0 aliphatic rings. The average molecular weight is 286 g/mol. The topological polar surface area (TPSA) is 62.1 Å². The van der Waals surface area contributed by atoms with Crippen LogP contribution in [0.5, 0.6) is 5.75 Å². The van der Waals surface area contributed by atoms with Crippen LogP contribution in [0.25, 0.3) is 0 Å². The monoisotopic (exact) mass is 286 g/mol. The summed E-state index contributed by atoms with van der Waals surface area (Å²) < 4.78 is 5.15. The van der Waals surface area contributed by atoms with Crippen LogP contribution in [0.15, 0.2) is 35.7 Å². The van der Waals surface area contributed by atoms with Gasteiger partial charge in [0, 0.05) is 5.69 Å². The van der Waals surface area contributed by atoms with E-state index in [1.54, 1.807) is 24.3 Å². The standard InChI is InChI=1S/C15H14N2O2S/c1-2-11-7-10-20-14(11)15(18)17-12-3-5-13(6-4-12)19-9-8-16/h3-7,10H,2,9H2,1H3,(H,17,18). The first-order chi connectivity index (χ1) is 9.74. The molecule has 1 amide bonds. The van der Waals surface area contributed by atoms with Crippen LogP contribution in [0.4, 0.5) is 5.69 Å². The van der Waals surface area contributed by atoms with Crippen molar-refractivity contribution < 1.29 is 9.53 Å². The third kappa shape index (κ3) is 3.37. The molecule has 20 heavy (non-hydrogen) atoms. The number of nitrogens with one attached hydrogen (secondary N) is 1. The molecule has 0 aliphatic carbocycles. The number of anilines is 1. The van der Waals surface area contributed by atoms with Crippen molar-refractivity contribution in [3.05, 3.63) is 46.2 Å². The van der Waals surface area contributed by atoms with Gasteiger partial charge in [0.05, 0.1) is 4.88 Å². The van der Waals surface area contributed by atoms with E-state index in [0.717, 1.165) is 16.9 Å². The van der Waals surface area contributed by atoms with Gasteiger partial charge < -0.3 is 10.1 Å². The van der Waals surface area contributed by atoms with Crippen LogP contribution >= 0.6 is 11.3 Å². The Morgan fingerprint density at radius 2 is 2.10 bits per heavy atom. The van der Waals surface area contributed by atoms with E-state index in [2.05, 4.69) is 5.32 Å². The Morgan fingerprint density at radius 1 is 1.35 bits per heavy atom. The third-order valence-electron chi connectivity index (χ3n) is 2.75. The molecule has 0 saturated carbocycles. The van der Waals surface area contributed by atoms with Gasteiger partial charge in [0.2, 0.25) is 0 Å². The molecule has 0 fully saturated rings. The maximum Gasteiger partial charge on any atom is 0.266 e. The molecule has 0 radical (unpaired) electrons. The van der Waals surface area contributed by atoms with Gasteiger partial charge in [-0.2, -0.15) is 5.26 Å². The third-order valence-corrected chi connectivity index (χ3v) is 3.70. The molecule has 1 N–H and O–H groups in total. The lowest BCUT2D eigenvalue weighted by atomic mass is 10.2. The van der Waals surface area contributed by atoms with E-state index in [-0.39, 0.29) is 12.5 Å². The van der Waals surface area contributed by atoms with E-state index < -0.39 is 0 Å². The second kappa shape index (κ2) is 6.73. The SMILES string of the molecule is CCc1ccsc1C(=O)Nc1ccc(OCC#N)cc1. The van der Waals surface area contributed by atoms with Crippen LogP contribution in [-0.4, -0.2) is 12.5 Å². The van der Waals surface area contributed by atoms with Gasteiger partial charge in [-0.1, -0.05) is 6.92 Å². The minimum atomic E-state index is -0.0949. The Hall–Kier alpha value is -2.32. The highest BCUT2D eigenvalue weighted by atomic mass is 32.1. The second-order valence-corrected chi connectivity index (χ2v) is 4.97. The van der Waals surface area contributed by atoms with Crippen molar-refractivity contribution in [2.45, 2.75) is 13.3 Å². The van der Waals surface area contributed by atoms with E-state index in [9.17, 15) is 4.79 Å². The van der Waals surface area contributed by atoms with Gasteiger partial charge in [-0.25, -0.2) is 0 Å². The number of carbonyl (C=O) groups is 1. The first-order valence-electron chi connectivity index (χ1n) is 6.22. The zero-order chi connectivity index (χ0) is 14.4. The highest BCUT2D eigenvalue weighted by Crippen LogP contribution is 2.20. The smallest absolute Gasteiger partial charge is 0.266 e. The van der Waals surface area contributed by atoms with Gasteiger partial charge >= 0.3 is 0 Å². The van der Waals surface area contributed by atoms with Gasteiger partial charge in [0.25, 0.3) is 5.91 Å². The quantitative estimate of drug-likeness (QED) is 0.915. The van der Waals surface area contributed by atoms with Crippen molar-refractivity contribution in [2.75, 3.05) is 11.9 Å². The van der Waals surface area contributed by atoms with Crippen LogP contribution in [0.2, 0.25) is 0 Å². The average Bonchev–Trinajstić information content (AvgIpc) is 2.95. The van der Waals surface area contributed by atoms with E-state index in [4.69, 9.17) is 10.00 Å². The second-order valence-electron chi connectivity index (χ2n) is 4.05. The van der Waals surface area contributed by atoms with Gasteiger partial charge in [-0.3, -0.25) is 4.79 Å². The molecular formula is C15H14N2O2S. The summed E-state index contributed by atoms with van der Waals surface area (Å²) in [5.41, 5.74) is 1.76. The maximum atomic E-state index is 12.1. The highest BCUT2D eigenvalue weighted by Gasteiger charge is 2.12. The minimum absolute atomic E-state index is 0.0146. The number of benzene rings is 1. The summed E-state index contributed by atoms with van der Waals surface area (Å²) in [6, 6.07) is 10.8. The first kappa shape index (κ1) is 14.1. The summed E-state index contributed by atoms with van der Waals surface area (Å²) in [6.07, 6.45) is 0.840. The van der Waals surface area contributed by atoms with Gasteiger partial charge in [0.1, 0.15) is 11.8 Å². The van der Waals surface area contributed by atoms with Crippen LogP contribution in [-0.2, 0) is 6.42 Å². The number of amides is 1. The fourth-order valence-electron chi connectivity index (χ4n) is 1.75. The lowest BCUT2D eigenvalue weighted by molar-refractivity contribution is 0.103. The number of aryl methyl sites for hydroxylation is 1. The zero-order valence-corrected chi connectivity index (χ0v) is 11.9. The number of ether oxygens (including phenoxy) is 1. The molecule has 0 atom stereocenters. The number of thiophene rings is 1. The molecular weight excluding hydrogens is 272 g/mol. The van der Waals surface area contributed by atoms with Crippen LogP contribution in [0, 0.1) is 11.3 Å². The number of carbonyl (C=O) groups excluding carboxylic acids is 1. The number of hydrogen-bond donors (Lipinski definition) is 1. The van der Waals surface area contributed by atoms with Crippen molar-refractivity contribution in [3.8, 4) is 11.8 Å². The summed E-state index contributed by atoms with van der Waals surface area (Å²) in [4.78, 5) is 12.9. The Morgan fingerprint density at radius 3 is 2.75 bits per heavy atom. The predicted octanol–water partition coefficient (Wildman–Crippen LogP) is 3.47. The van der Waals surface area contributed by atoms with Crippen LogP contribution in [0.1, 0.15) is 22.2 Å². The molecule has 1 aromatic heterocycles. The van der Waals surface area contributed by atoms with Crippen molar-refractivity contribution in [1.82, 2.24) is 0 Å².